The molecule has 134 valence electrons. The van der Waals surface area contributed by atoms with E-state index in [-0.39, 0.29) is 35.9 Å². The third-order valence-electron chi connectivity index (χ3n) is 4.53. The number of nitrogens with zero attached hydrogens (tertiary/aromatic N) is 2. The summed E-state index contributed by atoms with van der Waals surface area (Å²) < 4.78 is 19.1. The van der Waals surface area contributed by atoms with Gasteiger partial charge in [0.25, 0.3) is 0 Å². The summed E-state index contributed by atoms with van der Waals surface area (Å²) in [5.41, 5.74) is 0.891. The van der Waals surface area contributed by atoms with Crippen molar-refractivity contribution in [1.29, 1.82) is 0 Å². The average Bonchev–Trinajstić information content (AvgIpc) is 3.03. The number of nitrogens with one attached hydrogen (secondary N) is 2. The van der Waals surface area contributed by atoms with Gasteiger partial charge in [0.15, 0.2) is 5.96 Å². The Morgan fingerprint density at radius 1 is 1.42 bits per heavy atom. The average molecular weight is 448 g/mol. The lowest BCUT2D eigenvalue weighted by Crippen LogP contribution is -2.51. The largest absolute Gasteiger partial charge is 0.373 e. The highest BCUT2D eigenvalue weighted by Gasteiger charge is 2.32. The van der Waals surface area contributed by atoms with Gasteiger partial charge in [-0.25, -0.2) is 4.39 Å². The molecule has 2 N–H and O–H groups in total. The van der Waals surface area contributed by atoms with Gasteiger partial charge >= 0.3 is 0 Å². The van der Waals surface area contributed by atoms with Gasteiger partial charge in [0.2, 0.25) is 0 Å². The van der Waals surface area contributed by atoms with Crippen LogP contribution in [-0.4, -0.2) is 56.3 Å². The number of benzene rings is 1. The van der Waals surface area contributed by atoms with E-state index in [0.29, 0.717) is 18.5 Å². The standard InChI is InChI=1S/C17H25FN4O.HI/c1-19-17(20-9-13-4-2-5-14(18)8-13)21-10-16-11-22-7-3-6-15(22)12-23-16;/h2,4-5,8,15-16H,3,6-7,9-12H2,1H3,(H2,19,20,21);1H. The van der Waals surface area contributed by atoms with Crippen LogP contribution in [0.1, 0.15) is 18.4 Å². The Kier molecular flexibility index (Phi) is 7.70. The molecule has 1 aromatic carbocycles. The monoisotopic (exact) mass is 448 g/mol. The summed E-state index contributed by atoms with van der Waals surface area (Å²) in [6.45, 7) is 4.28. The predicted octanol–water partition coefficient (Wildman–Crippen LogP) is 1.97. The second-order valence-electron chi connectivity index (χ2n) is 6.18. The third kappa shape index (κ3) is 5.29. The Bertz CT molecular complexity index is 557. The molecule has 2 saturated heterocycles. The first-order chi connectivity index (χ1) is 11.2. The molecular formula is C17H26FIN4O. The fraction of sp³-hybridized carbons (Fsp3) is 0.588. The van der Waals surface area contributed by atoms with E-state index in [1.54, 1.807) is 13.1 Å². The van der Waals surface area contributed by atoms with Crippen LogP contribution in [0.15, 0.2) is 29.3 Å². The van der Waals surface area contributed by atoms with Crippen LogP contribution >= 0.6 is 24.0 Å². The summed E-state index contributed by atoms with van der Waals surface area (Å²) in [6.07, 6.45) is 2.74. The molecule has 2 unspecified atom stereocenters. The van der Waals surface area contributed by atoms with Crippen molar-refractivity contribution in [1.82, 2.24) is 15.5 Å². The normalized spacial score (nSPS) is 24.2. The van der Waals surface area contributed by atoms with E-state index in [1.165, 1.54) is 31.5 Å². The van der Waals surface area contributed by atoms with Crippen molar-refractivity contribution in [2.24, 2.45) is 4.99 Å². The fourth-order valence-electron chi connectivity index (χ4n) is 3.27. The summed E-state index contributed by atoms with van der Waals surface area (Å²) in [7, 11) is 1.74. The van der Waals surface area contributed by atoms with Crippen LogP contribution in [0.2, 0.25) is 0 Å². The first kappa shape index (κ1) is 19.4. The molecule has 24 heavy (non-hydrogen) atoms. The lowest BCUT2D eigenvalue weighted by molar-refractivity contribution is -0.0453. The second-order valence-corrected chi connectivity index (χ2v) is 6.18. The third-order valence-corrected chi connectivity index (χ3v) is 4.53. The van der Waals surface area contributed by atoms with E-state index in [4.69, 9.17) is 4.74 Å². The highest BCUT2D eigenvalue weighted by molar-refractivity contribution is 14.0. The minimum absolute atomic E-state index is 0. The van der Waals surface area contributed by atoms with Crippen LogP contribution in [0, 0.1) is 5.82 Å². The van der Waals surface area contributed by atoms with Crippen molar-refractivity contribution in [3.05, 3.63) is 35.6 Å². The molecule has 3 rings (SSSR count). The van der Waals surface area contributed by atoms with Gasteiger partial charge in [-0.05, 0) is 37.1 Å². The van der Waals surface area contributed by atoms with Gasteiger partial charge in [-0.3, -0.25) is 9.89 Å². The summed E-state index contributed by atoms with van der Waals surface area (Å²) >= 11 is 0. The van der Waals surface area contributed by atoms with Crippen molar-refractivity contribution in [3.63, 3.8) is 0 Å². The number of morpholine rings is 1. The summed E-state index contributed by atoms with van der Waals surface area (Å²) in [6, 6.07) is 7.20. The topological polar surface area (TPSA) is 48.9 Å². The van der Waals surface area contributed by atoms with E-state index in [0.717, 1.165) is 25.3 Å². The summed E-state index contributed by atoms with van der Waals surface area (Å²) in [4.78, 5) is 6.73. The Hall–Kier alpha value is -0.930. The number of fused-ring (bicyclic) bond motifs is 1. The maximum absolute atomic E-state index is 13.2. The number of ether oxygens (including phenoxy) is 1. The molecule has 5 nitrogen and oxygen atoms in total. The number of guanidine groups is 1. The molecule has 0 bridgehead atoms. The van der Waals surface area contributed by atoms with Crippen LogP contribution in [-0.2, 0) is 11.3 Å². The second kappa shape index (κ2) is 9.53. The number of aliphatic imine (C=N–C) groups is 1. The molecule has 7 heteroatoms. The van der Waals surface area contributed by atoms with Gasteiger partial charge in [-0.1, -0.05) is 12.1 Å². The molecule has 2 atom stereocenters. The van der Waals surface area contributed by atoms with Crippen molar-refractivity contribution in [2.45, 2.75) is 31.5 Å². The summed E-state index contributed by atoms with van der Waals surface area (Å²) in [5, 5.41) is 6.50. The maximum atomic E-state index is 13.2. The Balaban J connectivity index is 0.00000208. The Labute approximate surface area is 160 Å². The SMILES string of the molecule is CN=C(NCc1cccc(F)c1)NCC1CN2CCCC2CO1.I. The van der Waals surface area contributed by atoms with E-state index < -0.39 is 0 Å². The Morgan fingerprint density at radius 2 is 2.29 bits per heavy atom. The number of hydrogen-bond donors (Lipinski definition) is 2. The van der Waals surface area contributed by atoms with Crippen molar-refractivity contribution >= 4 is 29.9 Å². The molecule has 0 saturated carbocycles. The smallest absolute Gasteiger partial charge is 0.191 e. The van der Waals surface area contributed by atoms with Crippen LogP contribution < -0.4 is 10.6 Å². The van der Waals surface area contributed by atoms with Gasteiger partial charge in [-0.15, -0.1) is 24.0 Å². The first-order valence-electron chi connectivity index (χ1n) is 8.29. The molecule has 2 fully saturated rings. The molecule has 0 spiro atoms. The molecule has 0 amide bonds. The van der Waals surface area contributed by atoms with Crippen molar-refractivity contribution in [3.8, 4) is 0 Å². The van der Waals surface area contributed by atoms with E-state index in [1.807, 2.05) is 6.07 Å². The molecule has 2 aliphatic heterocycles. The van der Waals surface area contributed by atoms with Gasteiger partial charge in [-0.2, -0.15) is 0 Å². The minimum atomic E-state index is -0.219. The maximum Gasteiger partial charge on any atom is 0.191 e. The molecule has 0 aromatic heterocycles. The lowest BCUT2D eigenvalue weighted by Gasteiger charge is -2.35. The zero-order chi connectivity index (χ0) is 16.1. The van der Waals surface area contributed by atoms with Crippen molar-refractivity contribution < 1.29 is 9.13 Å². The lowest BCUT2D eigenvalue weighted by atomic mass is 10.2. The molecule has 0 aliphatic carbocycles. The molecule has 2 aliphatic rings. The van der Waals surface area contributed by atoms with E-state index in [9.17, 15) is 4.39 Å². The molecule has 2 heterocycles. The van der Waals surface area contributed by atoms with Crippen LogP contribution in [0.5, 0.6) is 0 Å². The zero-order valence-corrected chi connectivity index (χ0v) is 16.3. The van der Waals surface area contributed by atoms with Gasteiger partial charge in [0, 0.05) is 32.7 Å². The van der Waals surface area contributed by atoms with E-state index >= 15 is 0 Å². The molecular weight excluding hydrogens is 422 g/mol. The Morgan fingerprint density at radius 3 is 3.08 bits per heavy atom. The van der Waals surface area contributed by atoms with E-state index in [2.05, 4.69) is 20.5 Å². The summed E-state index contributed by atoms with van der Waals surface area (Å²) in [5.74, 6) is 0.490. The number of halogens is 2. The minimum Gasteiger partial charge on any atom is -0.373 e. The zero-order valence-electron chi connectivity index (χ0n) is 14.0. The van der Waals surface area contributed by atoms with Crippen LogP contribution in [0.3, 0.4) is 0 Å². The van der Waals surface area contributed by atoms with Gasteiger partial charge < -0.3 is 15.4 Å². The highest BCUT2D eigenvalue weighted by atomic mass is 127. The molecule has 1 aromatic rings. The van der Waals surface area contributed by atoms with Gasteiger partial charge in [0.1, 0.15) is 5.82 Å². The predicted molar refractivity (Wildman–Crippen MR) is 104 cm³/mol. The quantitative estimate of drug-likeness (QED) is 0.420. The van der Waals surface area contributed by atoms with Crippen LogP contribution in [0.4, 0.5) is 4.39 Å². The number of hydrogen-bond acceptors (Lipinski definition) is 3. The van der Waals surface area contributed by atoms with Crippen LogP contribution in [0.25, 0.3) is 0 Å². The fourth-order valence-corrected chi connectivity index (χ4v) is 3.27. The molecule has 0 radical (unpaired) electrons. The van der Waals surface area contributed by atoms with Crippen molar-refractivity contribution in [2.75, 3.05) is 33.3 Å². The highest BCUT2D eigenvalue weighted by Crippen LogP contribution is 2.22. The number of rotatable bonds is 4. The first-order valence-corrected chi connectivity index (χ1v) is 8.29. The van der Waals surface area contributed by atoms with Gasteiger partial charge in [0.05, 0.1) is 12.7 Å².